The van der Waals surface area contributed by atoms with Crippen LogP contribution in [-0.4, -0.2) is 24.6 Å². The predicted octanol–water partition coefficient (Wildman–Crippen LogP) is 2.01. The predicted molar refractivity (Wildman–Crippen MR) is 87.1 cm³/mol. The van der Waals surface area contributed by atoms with Gasteiger partial charge in [-0.15, -0.1) is 11.3 Å². The van der Waals surface area contributed by atoms with E-state index in [1.165, 1.54) is 11.3 Å². The maximum Gasteiger partial charge on any atom is 0.251 e. The first-order valence-corrected chi connectivity index (χ1v) is 7.77. The van der Waals surface area contributed by atoms with Crippen LogP contribution in [0.4, 0.5) is 10.7 Å². The van der Waals surface area contributed by atoms with E-state index in [9.17, 15) is 9.59 Å². The maximum atomic E-state index is 12.2. The first-order chi connectivity index (χ1) is 11.0. The first kappa shape index (κ1) is 15.2. The van der Waals surface area contributed by atoms with Gasteiger partial charge in [0.05, 0.1) is 5.56 Å². The summed E-state index contributed by atoms with van der Waals surface area (Å²) in [5.74, 6) is 0.472. The number of nitrogens with two attached hydrogens (primary N) is 1. The molecule has 2 aromatic rings. The summed E-state index contributed by atoms with van der Waals surface area (Å²) in [4.78, 5) is 23.5. The summed E-state index contributed by atoms with van der Waals surface area (Å²) in [5.41, 5.74) is 6.30. The molecule has 0 saturated heterocycles. The summed E-state index contributed by atoms with van der Waals surface area (Å²) >= 11 is 1.25. The van der Waals surface area contributed by atoms with Crippen LogP contribution in [0.3, 0.4) is 0 Å². The van der Waals surface area contributed by atoms with E-state index in [4.69, 9.17) is 15.2 Å². The highest BCUT2D eigenvalue weighted by Crippen LogP contribution is 2.34. The monoisotopic (exact) mass is 333 g/mol. The molecular formula is C15H15N3O4S. The van der Waals surface area contributed by atoms with Crippen molar-refractivity contribution in [1.29, 1.82) is 0 Å². The van der Waals surface area contributed by atoms with Crippen LogP contribution in [0.15, 0.2) is 29.6 Å². The molecule has 3 rings (SSSR count). The number of benzene rings is 1. The zero-order valence-electron chi connectivity index (χ0n) is 12.3. The van der Waals surface area contributed by atoms with Gasteiger partial charge in [0, 0.05) is 11.8 Å². The van der Waals surface area contributed by atoms with Crippen molar-refractivity contribution < 1.29 is 19.1 Å². The van der Waals surface area contributed by atoms with E-state index in [0.29, 0.717) is 22.1 Å². The highest BCUT2D eigenvalue weighted by molar-refractivity contribution is 7.14. The van der Waals surface area contributed by atoms with Crippen LogP contribution in [0.1, 0.15) is 17.3 Å². The number of fused-ring (bicyclic) bond motifs is 1. The van der Waals surface area contributed by atoms with Gasteiger partial charge in [0.1, 0.15) is 11.0 Å². The molecule has 0 bridgehead atoms. The van der Waals surface area contributed by atoms with E-state index in [-0.39, 0.29) is 12.7 Å². The number of hydrogen-bond donors (Lipinski definition) is 3. The maximum absolute atomic E-state index is 12.2. The van der Waals surface area contributed by atoms with Gasteiger partial charge >= 0.3 is 0 Å². The van der Waals surface area contributed by atoms with Crippen LogP contribution in [0.2, 0.25) is 0 Å². The van der Waals surface area contributed by atoms with E-state index in [0.717, 1.165) is 5.69 Å². The number of primary amides is 1. The molecule has 120 valence electrons. The highest BCUT2D eigenvalue weighted by Gasteiger charge is 2.19. The lowest BCUT2D eigenvalue weighted by molar-refractivity contribution is -0.116. The topological polar surface area (TPSA) is 103 Å². The van der Waals surface area contributed by atoms with Gasteiger partial charge in [0.25, 0.3) is 5.91 Å². The molecule has 1 unspecified atom stereocenters. The Hall–Kier alpha value is -2.74. The van der Waals surface area contributed by atoms with E-state index in [2.05, 4.69) is 10.6 Å². The normalized spacial score (nSPS) is 13.4. The third-order valence-electron chi connectivity index (χ3n) is 3.32. The lowest BCUT2D eigenvalue weighted by atomic mass is 10.2. The van der Waals surface area contributed by atoms with Crippen molar-refractivity contribution in [3.8, 4) is 11.5 Å². The van der Waals surface area contributed by atoms with Gasteiger partial charge in [-0.25, -0.2) is 0 Å². The number of amides is 2. The minimum atomic E-state index is -0.571. The molecule has 1 aliphatic heterocycles. The minimum Gasteiger partial charge on any atom is -0.454 e. The Balaban J connectivity index is 1.66. The number of hydrogen-bond acceptors (Lipinski definition) is 6. The van der Waals surface area contributed by atoms with Crippen molar-refractivity contribution in [3.63, 3.8) is 0 Å². The van der Waals surface area contributed by atoms with Crippen molar-refractivity contribution in [2.45, 2.75) is 13.0 Å². The fraction of sp³-hybridized carbons (Fsp3) is 0.200. The second-order valence-electron chi connectivity index (χ2n) is 4.95. The third kappa shape index (κ3) is 3.21. The van der Waals surface area contributed by atoms with E-state index in [1.54, 1.807) is 36.6 Å². The van der Waals surface area contributed by atoms with E-state index < -0.39 is 11.9 Å². The SMILES string of the molecule is CC(Nc1ccc2c(c1)OCO2)C(=O)Nc1sccc1C(N)=O. The molecule has 1 aromatic carbocycles. The number of ether oxygens (including phenoxy) is 2. The molecule has 0 spiro atoms. The Labute approximate surface area is 136 Å². The number of nitrogens with one attached hydrogen (secondary N) is 2. The molecule has 0 fully saturated rings. The Morgan fingerprint density at radius 2 is 2.04 bits per heavy atom. The molecule has 1 aliphatic rings. The van der Waals surface area contributed by atoms with E-state index >= 15 is 0 Å². The van der Waals surface area contributed by atoms with Gasteiger partial charge in [-0.2, -0.15) is 0 Å². The summed E-state index contributed by atoms with van der Waals surface area (Å²) in [7, 11) is 0. The van der Waals surface area contributed by atoms with Crippen LogP contribution < -0.4 is 25.8 Å². The van der Waals surface area contributed by atoms with Crippen LogP contribution >= 0.6 is 11.3 Å². The Bertz CT molecular complexity index is 759. The Morgan fingerprint density at radius 3 is 2.83 bits per heavy atom. The van der Waals surface area contributed by atoms with Crippen molar-refractivity contribution in [2.24, 2.45) is 5.73 Å². The van der Waals surface area contributed by atoms with Gasteiger partial charge in [-0.1, -0.05) is 0 Å². The standard InChI is InChI=1S/C15H15N3O4S/c1-8(14(20)18-15-10(13(16)19)4-5-23-15)17-9-2-3-11-12(6-9)22-7-21-11/h2-6,8,17H,7H2,1H3,(H2,16,19)(H,18,20). The molecule has 23 heavy (non-hydrogen) atoms. The lowest BCUT2D eigenvalue weighted by Gasteiger charge is -2.15. The molecule has 2 amide bonds. The molecule has 8 heteroatoms. The van der Waals surface area contributed by atoms with Crippen molar-refractivity contribution in [3.05, 3.63) is 35.2 Å². The first-order valence-electron chi connectivity index (χ1n) is 6.89. The third-order valence-corrected chi connectivity index (χ3v) is 4.15. The van der Waals surface area contributed by atoms with Gasteiger partial charge in [0.15, 0.2) is 11.5 Å². The van der Waals surface area contributed by atoms with E-state index in [1.807, 2.05) is 0 Å². The summed E-state index contributed by atoms with van der Waals surface area (Å²) in [6.07, 6.45) is 0. The number of carbonyl (C=O) groups is 2. The summed E-state index contributed by atoms with van der Waals surface area (Å²) in [5, 5.41) is 7.92. The molecule has 0 saturated carbocycles. The summed E-state index contributed by atoms with van der Waals surface area (Å²) in [6, 6.07) is 6.42. The Morgan fingerprint density at radius 1 is 1.26 bits per heavy atom. The zero-order valence-corrected chi connectivity index (χ0v) is 13.1. The number of thiophene rings is 1. The Kier molecular flexibility index (Phi) is 4.07. The van der Waals surface area contributed by atoms with Crippen molar-refractivity contribution in [1.82, 2.24) is 0 Å². The molecule has 0 aliphatic carbocycles. The molecular weight excluding hydrogens is 318 g/mol. The van der Waals surface area contributed by atoms with Crippen LogP contribution in [0.5, 0.6) is 11.5 Å². The lowest BCUT2D eigenvalue weighted by Crippen LogP contribution is -2.32. The smallest absolute Gasteiger partial charge is 0.251 e. The van der Waals surface area contributed by atoms with Crippen molar-refractivity contribution >= 4 is 33.8 Å². The molecule has 1 aromatic heterocycles. The largest absolute Gasteiger partial charge is 0.454 e. The summed E-state index contributed by atoms with van der Waals surface area (Å²) in [6.45, 7) is 1.92. The van der Waals surface area contributed by atoms with Gasteiger partial charge in [0.2, 0.25) is 12.7 Å². The van der Waals surface area contributed by atoms with Gasteiger partial charge in [-0.3, -0.25) is 9.59 Å². The summed E-state index contributed by atoms with van der Waals surface area (Å²) < 4.78 is 10.5. The van der Waals surface area contributed by atoms with Crippen LogP contribution in [0.25, 0.3) is 0 Å². The molecule has 4 N–H and O–H groups in total. The molecule has 7 nitrogen and oxygen atoms in total. The van der Waals surface area contributed by atoms with Gasteiger partial charge in [-0.05, 0) is 30.5 Å². The average molecular weight is 333 g/mol. The molecule has 2 heterocycles. The second-order valence-corrected chi connectivity index (χ2v) is 5.87. The van der Waals surface area contributed by atoms with Gasteiger partial charge < -0.3 is 25.8 Å². The molecule has 1 atom stereocenters. The van der Waals surface area contributed by atoms with Crippen molar-refractivity contribution in [2.75, 3.05) is 17.4 Å². The number of carbonyl (C=O) groups excluding carboxylic acids is 2. The number of anilines is 2. The van der Waals surface area contributed by atoms with Crippen LogP contribution in [-0.2, 0) is 4.79 Å². The highest BCUT2D eigenvalue weighted by atomic mass is 32.1. The zero-order chi connectivity index (χ0) is 16.4. The molecule has 0 radical (unpaired) electrons. The quantitative estimate of drug-likeness (QED) is 0.777. The average Bonchev–Trinajstić information content (AvgIpc) is 3.15. The fourth-order valence-corrected chi connectivity index (χ4v) is 2.92. The number of rotatable bonds is 5. The second kappa shape index (κ2) is 6.17. The van der Waals surface area contributed by atoms with Crippen LogP contribution in [0, 0.1) is 0 Å². The minimum absolute atomic E-state index is 0.198. The fourth-order valence-electron chi connectivity index (χ4n) is 2.12.